The normalized spacial score (nSPS) is 10.0. The lowest BCUT2D eigenvalue weighted by molar-refractivity contribution is 0.454. The van der Waals surface area contributed by atoms with Gasteiger partial charge in [-0.1, -0.05) is 0 Å². The number of hydrogen-bond donors (Lipinski definition) is 0. The molecule has 0 spiro atoms. The Morgan fingerprint density at radius 2 is 0.700 bits per heavy atom. The standard InChI is InChI=1S/C6H2BrF3.C6H2F4/c7-3-1-5(9)6(10)2-4(3)8;7-3-1-4(8)6(10)2-5(3)9/h2*1-2H. The van der Waals surface area contributed by atoms with Gasteiger partial charge in [0.05, 0.1) is 4.47 Å². The summed E-state index contributed by atoms with van der Waals surface area (Å²) in [5.41, 5.74) is 0. The van der Waals surface area contributed by atoms with E-state index in [0.717, 1.165) is 6.07 Å². The van der Waals surface area contributed by atoms with Gasteiger partial charge in [-0.15, -0.1) is 0 Å². The zero-order valence-electron chi connectivity index (χ0n) is 9.33. The largest absolute Gasteiger partial charge is 0.206 e. The fourth-order valence-electron chi connectivity index (χ4n) is 0.997. The fourth-order valence-corrected chi connectivity index (χ4v) is 1.31. The van der Waals surface area contributed by atoms with Gasteiger partial charge in [0.15, 0.2) is 34.9 Å². The first-order chi connectivity index (χ1) is 9.22. The summed E-state index contributed by atoms with van der Waals surface area (Å²) in [6.45, 7) is 0. The average Bonchev–Trinajstić information content (AvgIpc) is 2.35. The first-order valence-corrected chi connectivity index (χ1v) is 5.61. The molecule has 0 amide bonds. The minimum absolute atomic E-state index is 0.0774. The van der Waals surface area contributed by atoms with Crippen LogP contribution in [0.4, 0.5) is 30.7 Å². The molecule has 0 heterocycles. The average molecular weight is 361 g/mol. The second-order valence-electron chi connectivity index (χ2n) is 3.36. The monoisotopic (exact) mass is 360 g/mol. The van der Waals surface area contributed by atoms with Gasteiger partial charge in [-0.05, 0) is 22.0 Å². The zero-order chi connectivity index (χ0) is 15.4. The van der Waals surface area contributed by atoms with Crippen LogP contribution >= 0.6 is 15.9 Å². The molecule has 2 rings (SSSR count). The van der Waals surface area contributed by atoms with Crippen molar-refractivity contribution >= 4 is 15.9 Å². The summed E-state index contributed by atoms with van der Waals surface area (Å²) in [7, 11) is 0. The van der Waals surface area contributed by atoms with Crippen LogP contribution in [-0.2, 0) is 0 Å². The molecular weight excluding hydrogens is 357 g/mol. The summed E-state index contributed by atoms with van der Waals surface area (Å²) >= 11 is 2.70. The smallest absolute Gasteiger partial charge is 0.161 e. The molecule has 0 N–H and O–H groups in total. The Kier molecular flexibility index (Phi) is 5.55. The van der Waals surface area contributed by atoms with Crippen LogP contribution in [0, 0.1) is 40.7 Å². The van der Waals surface area contributed by atoms with Crippen molar-refractivity contribution in [3.63, 3.8) is 0 Å². The molecule has 0 aromatic heterocycles. The first kappa shape index (κ1) is 16.5. The summed E-state index contributed by atoms with van der Waals surface area (Å²) in [5, 5.41) is 0. The highest BCUT2D eigenvalue weighted by molar-refractivity contribution is 9.10. The van der Waals surface area contributed by atoms with Crippen LogP contribution < -0.4 is 0 Å². The molecule has 0 radical (unpaired) electrons. The van der Waals surface area contributed by atoms with Crippen molar-refractivity contribution in [3.05, 3.63) is 69.5 Å². The SMILES string of the molecule is Fc1cc(F)c(Br)cc1F.Fc1cc(F)c(F)cc1F. The van der Waals surface area contributed by atoms with Gasteiger partial charge in [0.25, 0.3) is 0 Å². The molecule has 0 bridgehead atoms. The van der Waals surface area contributed by atoms with Crippen molar-refractivity contribution in [2.24, 2.45) is 0 Å². The van der Waals surface area contributed by atoms with Crippen LogP contribution in [0.5, 0.6) is 0 Å². The zero-order valence-corrected chi connectivity index (χ0v) is 10.9. The molecule has 0 saturated heterocycles. The number of halogens is 8. The van der Waals surface area contributed by atoms with Gasteiger partial charge in [0.1, 0.15) is 5.82 Å². The third kappa shape index (κ3) is 4.22. The molecule has 20 heavy (non-hydrogen) atoms. The molecule has 0 atom stereocenters. The van der Waals surface area contributed by atoms with Gasteiger partial charge in [-0.2, -0.15) is 0 Å². The highest BCUT2D eigenvalue weighted by Crippen LogP contribution is 2.18. The summed E-state index contributed by atoms with van der Waals surface area (Å²) in [4.78, 5) is 0. The van der Waals surface area contributed by atoms with Crippen molar-refractivity contribution in [1.82, 2.24) is 0 Å². The Hall–Kier alpha value is -1.57. The Labute approximate surface area is 117 Å². The Morgan fingerprint density at radius 1 is 0.450 bits per heavy atom. The molecule has 0 nitrogen and oxygen atoms in total. The molecule has 8 heteroatoms. The molecular formula is C12H4BrF7. The van der Waals surface area contributed by atoms with E-state index in [-0.39, 0.29) is 16.6 Å². The predicted octanol–water partition coefficient (Wildman–Crippen LogP) is 5.11. The van der Waals surface area contributed by atoms with Crippen LogP contribution in [-0.4, -0.2) is 0 Å². The van der Waals surface area contributed by atoms with Gasteiger partial charge in [0, 0.05) is 18.2 Å². The molecule has 0 aliphatic carbocycles. The van der Waals surface area contributed by atoms with E-state index in [9.17, 15) is 30.7 Å². The summed E-state index contributed by atoms with van der Waals surface area (Å²) in [5.74, 6) is -8.61. The molecule has 2 aromatic carbocycles. The third-order valence-corrected chi connectivity index (χ3v) is 2.53. The van der Waals surface area contributed by atoms with E-state index in [1.807, 2.05) is 0 Å². The topological polar surface area (TPSA) is 0 Å². The van der Waals surface area contributed by atoms with Gasteiger partial charge < -0.3 is 0 Å². The van der Waals surface area contributed by atoms with E-state index in [4.69, 9.17) is 0 Å². The maximum atomic E-state index is 12.3. The van der Waals surface area contributed by atoms with E-state index >= 15 is 0 Å². The minimum atomic E-state index is -1.39. The maximum absolute atomic E-state index is 12.3. The number of rotatable bonds is 0. The van der Waals surface area contributed by atoms with Crippen LogP contribution in [0.15, 0.2) is 28.7 Å². The van der Waals surface area contributed by atoms with Crippen molar-refractivity contribution in [2.45, 2.75) is 0 Å². The lowest BCUT2D eigenvalue weighted by Crippen LogP contribution is -1.90. The Balaban J connectivity index is 0.000000200. The van der Waals surface area contributed by atoms with Crippen LogP contribution in [0.3, 0.4) is 0 Å². The van der Waals surface area contributed by atoms with E-state index in [2.05, 4.69) is 15.9 Å². The summed E-state index contributed by atoms with van der Waals surface area (Å²) < 4.78 is 84.5. The quantitative estimate of drug-likeness (QED) is 0.452. The van der Waals surface area contributed by atoms with E-state index in [0.29, 0.717) is 6.07 Å². The van der Waals surface area contributed by atoms with Gasteiger partial charge >= 0.3 is 0 Å². The predicted molar refractivity (Wildman–Crippen MR) is 60.3 cm³/mol. The van der Waals surface area contributed by atoms with Crippen molar-refractivity contribution in [3.8, 4) is 0 Å². The van der Waals surface area contributed by atoms with Crippen LogP contribution in [0.2, 0.25) is 0 Å². The number of benzene rings is 2. The van der Waals surface area contributed by atoms with E-state index in [1.54, 1.807) is 0 Å². The van der Waals surface area contributed by atoms with Gasteiger partial charge in [-0.3, -0.25) is 0 Å². The van der Waals surface area contributed by atoms with Crippen LogP contribution in [0.1, 0.15) is 0 Å². The van der Waals surface area contributed by atoms with Gasteiger partial charge in [0.2, 0.25) is 0 Å². The molecule has 108 valence electrons. The highest BCUT2D eigenvalue weighted by atomic mass is 79.9. The van der Waals surface area contributed by atoms with Crippen LogP contribution in [0.25, 0.3) is 0 Å². The number of hydrogen-bond acceptors (Lipinski definition) is 0. The second kappa shape index (κ2) is 6.74. The fraction of sp³-hybridized carbons (Fsp3) is 0. The van der Waals surface area contributed by atoms with E-state index in [1.165, 1.54) is 0 Å². The molecule has 0 saturated carbocycles. The lowest BCUT2D eigenvalue weighted by atomic mass is 10.3. The second-order valence-corrected chi connectivity index (χ2v) is 4.22. The van der Waals surface area contributed by atoms with Crippen molar-refractivity contribution in [2.75, 3.05) is 0 Å². The molecule has 0 fully saturated rings. The first-order valence-electron chi connectivity index (χ1n) is 4.82. The maximum Gasteiger partial charge on any atom is 0.161 e. The van der Waals surface area contributed by atoms with E-state index < -0.39 is 40.7 Å². The molecule has 0 aliphatic rings. The summed E-state index contributed by atoms with van der Waals surface area (Å²) in [6.07, 6.45) is 0. The Morgan fingerprint density at radius 3 is 1.00 bits per heavy atom. The Bertz CT molecular complexity index is 472. The molecule has 2 aromatic rings. The minimum Gasteiger partial charge on any atom is -0.206 e. The lowest BCUT2D eigenvalue weighted by Gasteiger charge is -1.94. The highest BCUT2D eigenvalue weighted by Gasteiger charge is 2.08. The third-order valence-electron chi connectivity index (χ3n) is 1.93. The molecule has 0 aliphatic heterocycles. The summed E-state index contributed by atoms with van der Waals surface area (Å²) in [6, 6.07) is 1.54. The molecule has 0 unspecified atom stereocenters. The van der Waals surface area contributed by atoms with Crippen molar-refractivity contribution in [1.29, 1.82) is 0 Å². The van der Waals surface area contributed by atoms with Gasteiger partial charge in [-0.25, -0.2) is 30.7 Å². The van der Waals surface area contributed by atoms with Crippen molar-refractivity contribution < 1.29 is 30.7 Å².